The number of ketones is 1. The summed E-state index contributed by atoms with van der Waals surface area (Å²) in [6.07, 6.45) is 1.38. The average Bonchev–Trinajstić information content (AvgIpc) is 2.64. The quantitative estimate of drug-likeness (QED) is 0.811. The van der Waals surface area contributed by atoms with E-state index in [-0.39, 0.29) is 29.4 Å². The number of halogens is 1. The second-order valence-electron chi connectivity index (χ2n) is 7.08. The molecular weight excluding hydrogens is 370 g/mol. The first kappa shape index (κ1) is 17.7. The highest BCUT2D eigenvalue weighted by Gasteiger charge is 2.44. The van der Waals surface area contributed by atoms with E-state index in [1.54, 1.807) is 17.0 Å². The van der Waals surface area contributed by atoms with Crippen LogP contribution in [-0.2, 0) is 0 Å². The van der Waals surface area contributed by atoms with Crippen molar-refractivity contribution in [1.29, 1.82) is 0 Å². The van der Waals surface area contributed by atoms with Gasteiger partial charge in [0.25, 0.3) is 11.5 Å². The molecule has 2 aromatic rings. The largest absolute Gasteiger partial charge is 0.486 e. The molecule has 1 saturated heterocycles. The minimum atomic E-state index is -0.599. The third-order valence-electron chi connectivity index (χ3n) is 5.20. The lowest BCUT2D eigenvalue weighted by Crippen LogP contribution is -2.52. The zero-order chi connectivity index (χ0) is 19.2. The van der Waals surface area contributed by atoms with E-state index in [0.717, 1.165) is 5.56 Å². The Balaban J connectivity index is 1.52. The summed E-state index contributed by atoms with van der Waals surface area (Å²) in [7, 11) is 0. The lowest BCUT2D eigenvalue weighted by molar-refractivity contribution is -0.00633. The molecule has 2 aliphatic rings. The van der Waals surface area contributed by atoms with Crippen LogP contribution in [0.5, 0.6) is 5.75 Å². The number of aromatic amines is 1. The molecule has 0 saturated carbocycles. The highest BCUT2D eigenvalue weighted by molar-refractivity contribution is 6.31. The van der Waals surface area contributed by atoms with Crippen molar-refractivity contribution in [3.05, 3.63) is 56.5 Å². The Bertz CT molecular complexity index is 972. The minimum Gasteiger partial charge on any atom is -0.486 e. The minimum absolute atomic E-state index is 0.0175. The first-order valence-corrected chi connectivity index (χ1v) is 9.12. The second-order valence-corrected chi connectivity index (χ2v) is 7.52. The van der Waals surface area contributed by atoms with Gasteiger partial charge in [0, 0.05) is 37.0 Å². The summed E-state index contributed by atoms with van der Waals surface area (Å²) < 4.78 is 6.29. The first-order chi connectivity index (χ1) is 12.9. The fourth-order valence-corrected chi connectivity index (χ4v) is 4.01. The van der Waals surface area contributed by atoms with Crippen molar-refractivity contribution in [1.82, 2.24) is 15.1 Å². The Labute approximate surface area is 160 Å². The number of fused-ring (bicyclic) bond motifs is 1. The van der Waals surface area contributed by atoms with E-state index in [1.807, 2.05) is 6.92 Å². The summed E-state index contributed by atoms with van der Waals surface area (Å²) in [5.41, 5.74) is 0.606. The number of carbonyl (C=O) groups excluding carboxylic acids is 2. The summed E-state index contributed by atoms with van der Waals surface area (Å²) >= 11 is 6.07. The zero-order valence-corrected chi connectivity index (χ0v) is 15.5. The Morgan fingerprint density at radius 1 is 1.26 bits per heavy atom. The van der Waals surface area contributed by atoms with E-state index >= 15 is 0 Å². The van der Waals surface area contributed by atoms with Gasteiger partial charge >= 0.3 is 0 Å². The number of likely N-dealkylation sites (tertiary alicyclic amines) is 1. The number of hydrogen-bond acceptors (Lipinski definition) is 5. The van der Waals surface area contributed by atoms with E-state index in [9.17, 15) is 14.4 Å². The summed E-state index contributed by atoms with van der Waals surface area (Å²) in [5.74, 6) is 0.369. The van der Waals surface area contributed by atoms with E-state index in [1.165, 1.54) is 12.1 Å². The van der Waals surface area contributed by atoms with Crippen molar-refractivity contribution in [3.8, 4) is 5.75 Å². The number of Topliss-reactive ketones (excluding diaryl/α,β-unsaturated/α-hetero) is 1. The van der Waals surface area contributed by atoms with E-state index in [0.29, 0.717) is 42.3 Å². The van der Waals surface area contributed by atoms with Crippen molar-refractivity contribution in [2.24, 2.45) is 0 Å². The molecule has 1 fully saturated rings. The summed E-state index contributed by atoms with van der Waals surface area (Å²) in [6, 6.07) is 6.13. The maximum atomic E-state index is 12.7. The van der Waals surface area contributed by atoms with Crippen LogP contribution in [0.4, 0.5) is 0 Å². The first-order valence-electron chi connectivity index (χ1n) is 8.74. The molecule has 1 amide bonds. The monoisotopic (exact) mass is 387 g/mol. The van der Waals surface area contributed by atoms with Crippen LogP contribution in [0.1, 0.15) is 45.7 Å². The van der Waals surface area contributed by atoms with Crippen molar-refractivity contribution >= 4 is 23.3 Å². The van der Waals surface area contributed by atoms with Crippen molar-refractivity contribution < 1.29 is 14.3 Å². The van der Waals surface area contributed by atoms with Crippen LogP contribution in [0.3, 0.4) is 0 Å². The molecule has 140 valence electrons. The van der Waals surface area contributed by atoms with Crippen molar-refractivity contribution in [2.45, 2.75) is 31.8 Å². The third kappa shape index (κ3) is 3.23. The Kier molecular flexibility index (Phi) is 4.26. The number of aromatic nitrogens is 2. The maximum absolute atomic E-state index is 12.7. The fraction of sp³-hybridized carbons (Fsp3) is 0.368. The van der Waals surface area contributed by atoms with Gasteiger partial charge in [0.05, 0.1) is 12.0 Å². The SMILES string of the molecule is Cc1cc(Cl)cc2c1OC1(CCN(C(=O)c3ccc(=O)[nH]n3)CC1)CC2=O. The van der Waals surface area contributed by atoms with E-state index < -0.39 is 5.60 Å². The smallest absolute Gasteiger partial charge is 0.274 e. The molecule has 8 heteroatoms. The van der Waals surface area contributed by atoms with Gasteiger partial charge in [-0.3, -0.25) is 14.4 Å². The lowest BCUT2D eigenvalue weighted by atomic mass is 9.82. The summed E-state index contributed by atoms with van der Waals surface area (Å²) in [4.78, 5) is 38.0. The lowest BCUT2D eigenvalue weighted by Gasteiger charge is -2.44. The zero-order valence-electron chi connectivity index (χ0n) is 14.8. The van der Waals surface area contributed by atoms with Gasteiger partial charge in [-0.2, -0.15) is 5.10 Å². The van der Waals surface area contributed by atoms with Crippen LogP contribution in [0.2, 0.25) is 5.02 Å². The maximum Gasteiger partial charge on any atom is 0.274 e. The Morgan fingerprint density at radius 2 is 2.00 bits per heavy atom. The molecule has 7 nitrogen and oxygen atoms in total. The number of nitrogens with zero attached hydrogens (tertiary/aromatic N) is 2. The van der Waals surface area contributed by atoms with Crippen LogP contribution in [0, 0.1) is 6.92 Å². The highest BCUT2D eigenvalue weighted by atomic mass is 35.5. The third-order valence-corrected chi connectivity index (χ3v) is 5.42. The highest BCUT2D eigenvalue weighted by Crippen LogP contribution is 2.42. The number of ether oxygens (including phenoxy) is 1. The molecule has 0 aliphatic carbocycles. The molecule has 3 heterocycles. The fourth-order valence-electron chi connectivity index (χ4n) is 3.73. The molecular formula is C19H18ClN3O4. The Hall–Kier alpha value is -2.67. The predicted octanol–water partition coefficient (Wildman–Crippen LogP) is 2.37. The molecule has 1 aromatic heterocycles. The average molecular weight is 388 g/mol. The van der Waals surface area contributed by atoms with Crippen LogP contribution < -0.4 is 10.3 Å². The Morgan fingerprint density at radius 3 is 2.67 bits per heavy atom. The number of amides is 1. The molecule has 4 rings (SSSR count). The van der Waals surface area contributed by atoms with Crippen LogP contribution in [0.15, 0.2) is 29.1 Å². The number of H-pyrrole nitrogens is 1. The molecule has 2 aliphatic heterocycles. The van der Waals surface area contributed by atoms with Gasteiger partial charge in [-0.25, -0.2) is 5.10 Å². The van der Waals surface area contributed by atoms with Crippen LogP contribution in [0.25, 0.3) is 0 Å². The normalized spacial score (nSPS) is 18.1. The number of aryl methyl sites for hydroxylation is 1. The molecule has 1 aromatic carbocycles. The predicted molar refractivity (Wildman–Crippen MR) is 98.5 cm³/mol. The standard InChI is InChI=1S/C19H18ClN3O4/c1-11-8-12(20)9-13-15(24)10-19(27-17(11)13)4-6-23(7-5-19)18(26)14-2-3-16(25)22-21-14/h2-3,8-9H,4-7,10H2,1H3,(H,22,25). The molecule has 1 N–H and O–H groups in total. The number of carbonyl (C=O) groups is 2. The molecule has 0 bridgehead atoms. The van der Waals surface area contributed by atoms with Gasteiger partial charge in [-0.15, -0.1) is 0 Å². The number of hydrogen-bond donors (Lipinski definition) is 1. The number of rotatable bonds is 1. The van der Waals surface area contributed by atoms with Gasteiger partial charge in [0.2, 0.25) is 0 Å². The van der Waals surface area contributed by atoms with E-state index in [4.69, 9.17) is 16.3 Å². The molecule has 1 spiro atoms. The number of benzene rings is 1. The van der Waals surface area contributed by atoms with Crippen molar-refractivity contribution in [2.75, 3.05) is 13.1 Å². The molecule has 27 heavy (non-hydrogen) atoms. The molecule has 0 atom stereocenters. The van der Waals surface area contributed by atoms with Crippen LogP contribution >= 0.6 is 11.6 Å². The van der Waals surface area contributed by atoms with Gasteiger partial charge < -0.3 is 9.64 Å². The number of piperidine rings is 1. The van der Waals surface area contributed by atoms with Gasteiger partial charge in [0.15, 0.2) is 5.78 Å². The second kappa shape index (κ2) is 6.49. The van der Waals surface area contributed by atoms with Gasteiger partial charge in [-0.05, 0) is 30.7 Å². The molecule has 0 radical (unpaired) electrons. The van der Waals surface area contributed by atoms with Crippen LogP contribution in [-0.4, -0.2) is 45.5 Å². The summed E-state index contributed by atoms with van der Waals surface area (Å²) in [6.45, 7) is 2.78. The number of nitrogens with one attached hydrogen (secondary N) is 1. The van der Waals surface area contributed by atoms with Crippen molar-refractivity contribution in [3.63, 3.8) is 0 Å². The topological polar surface area (TPSA) is 92.4 Å². The molecule has 0 unspecified atom stereocenters. The van der Waals surface area contributed by atoms with Gasteiger partial charge in [-0.1, -0.05) is 11.6 Å². The van der Waals surface area contributed by atoms with E-state index in [2.05, 4.69) is 10.2 Å². The summed E-state index contributed by atoms with van der Waals surface area (Å²) in [5, 5.41) is 6.58. The van der Waals surface area contributed by atoms with Gasteiger partial charge in [0.1, 0.15) is 17.0 Å².